The zero-order valence-electron chi connectivity index (χ0n) is 11.6. The van der Waals surface area contributed by atoms with E-state index in [1.165, 1.54) is 14.2 Å². The van der Waals surface area contributed by atoms with Gasteiger partial charge >= 0.3 is 0 Å². The summed E-state index contributed by atoms with van der Waals surface area (Å²) in [6.07, 6.45) is 0. The molecule has 1 aromatic heterocycles. The lowest BCUT2D eigenvalue weighted by molar-refractivity contribution is -0.0760. The molecule has 0 aromatic carbocycles. The summed E-state index contributed by atoms with van der Waals surface area (Å²) in [4.78, 5) is 29.0. The summed E-state index contributed by atoms with van der Waals surface area (Å²) in [6, 6.07) is 1.63. The number of nitrogens with zero attached hydrogens (tertiary/aromatic N) is 5. The Morgan fingerprint density at radius 1 is 1.11 bits per heavy atom. The van der Waals surface area contributed by atoms with Gasteiger partial charge in [0.15, 0.2) is 0 Å². The van der Waals surface area contributed by atoms with Gasteiger partial charge in [-0.15, -0.1) is 0 Å². The molecule has 100 valence electrons. The van der Waals surface area contributed by atoms with Crippen LogP contribution >= 0.6 is 0 Å². The SMILES string of the molecule is CON(C)C(=O)c1cc(N(C)C)nc(N(C)C)n1. The van der Waals surface area contributed by atoms with Crippen LogP contribution in [0.25, 0.3) is 0 Å². The zero-order chi connectivity index (χ0) is 13.9. The quantitative estimate of drug-likeness (QED) is 0.716. The number of carbonyl (C=O) groups is 1. The Hall–Kier alpha value is -1.89. The van der Waals surface area contributed by atoms with Crippen molar-refractivity contribution in [3.05, 3.63) is 11.8 Å². The summed E-state index contributed by atoms with van der Waals surface area (Å²) in [5, 5.41) is 1.13. The van der Waals surface area contributed by atoms with Crippen LogP contribution in [-0.4, -0.2) is 63.3 Å². The molecule has 1 aromatic rings. The normalized spacial score (nSPS) is 10.1. The fourth-order valence-electron chi connectivity index (χ4n) is 1.20. The van der Waals surface area contributed by atoms with Crippen molar-refractivity contribution < 1.29 is 9.63 Å². The predicted molar refractivity (Wildman–Crippen MR) is 69.8 cm³/mol. The molecule has 0 bridgehead atoms. The van der Waals surface area contributed by atoms with E-state index in [1.54, 1.807) is 11.0 Å². The molecule has 1 amide bonds. The second kappa shape index (κ2) is 5.63. The summed E-state index contributed by atoms with van der Waals surface area (Å²) < 4.78 is 0. The monoisotopic (exact) mass is 253 g/mol. The molecule has 0 aliphatic carbocycles. The highest BCUT2D eigenvalue weighted by Crippen LogP contribution is 2.15. The highest BCUT2D eigenvalue weighted by Gasteiger charge is 2.17. The molecule has 7 nitrogen and oxygen atoms in total. The maximum Gasteiger partial charge on any atom is 0.296 e. The van der Waals surface area contributed by atoms with Crippen LogP contribution < -0.4 is 9.80 Å². The third-order valence-electron chi connectivity index (χ3n) is 2.34. The van der Waals surface area contributed by atoms with Crippen LogP contribution in [0.4, 0.5) is 11.8 Å². The van der Waals surface area contributed by atoms with Crippen LogP contribution in [0.2, 0.25) is 0 Å². The molecule has 1 heterocycles. The van der Waals surface area contributed by atoms with Gasteiger partial charge in [0.25, 0.3) is 5.91 Å². The van der Waals surface area contributed by atoms with E-state index in [1.807, 2.05) is 33.1 Å². The summed E-state index contributed by atoms with van der Waals surface area (Å²) in [6.45, 7) is 0. The molecule has 0 N–H and O–H groups in total. The summed E-state index contributed by atoms with van der Waals surface area (Å²) >= 11 is 0. The van der Waals surface area contributed by atoms with E-state index in [0.29, 0.717) is 17.5 Å². The topological polar surface area (TPSA) is 61.8 Å². The Morgan fingerprint density at radius 3 is 2.17 bits per heavy atom. The van der Waals surface area contributed by atoms with Crippen molar-refractivity contribution in [3.63, 3.8) is 0 Å². The number of amides is 1. The minimum atomic E-state index is -0.314. The van der Waals surface area contributed by atoms with Gasteiger partial charge in [-0.2, -0.15) is 4.98 Å². The molecule has 0 aliphatic rings. The molecule has 18 heavy (non-hydrogen) atoms. The fourth-order valence-corrected chi connectivity index (χ4v) is 1.20. The van der Waals surface area contributed by atoms with Gasteiger partial charge in [-0.25, -0.2) is 10.0 Å². The van der Waals surface area contributed by atoms with E-state index < -0.39 is 0 Å². The molecule has 0 aliphatic heterocycles. The van der Waals surface area contributed by atoms with Gasteiger partial charge in [0.2, 0.25) is 5.95 Å². The molecule has 0 saturated heterocycles. The minimum Gasteiger partial charge on any atom is -0.363 e. The molecule has 0 unspecified atom stereocenters. The van der Waals surface area contributed by atoms with Crippen LogP contribution in [0, 0.1) is 0 Å². The first kappa shape index (κ1) is 14.2. The molecule has 7 heteroatoms. The first-order valence-electron chi connectivity index (χ1n) is 5.42. The first-order chi connectivity index (χ1) is 8.36. The molecule has 0 saturated carbocycles. The summed E-state index contributed by atoms with van der Waals surface area (Å²) in [5.74, 6) is 0.835. The Balaban J connectivity index is 3.23. The van der Waals surface area contributed by atoms with Gasteiger partial charge in [-0.3, -0.25) is 9.63 Å². The zero-order valence-corrected chi connectivity index (χ0v) is 11.6. The van der Waals surface area contributed by atoms with E-state index in [4.69, 9.17) is 4.84 Å². The minimum absolute atomic E-state index is 0.293. The number of anilines is 2. The Bertz CT molecular complexity index is 407. The smallest absolute Gasteiger partial charge is 0.296 e. The number of aromatic nitrogens is 2. The van der Waals surface area contributed by atoms with Crippen LogP contribution in [0.3, 0.4) is 0 Å². The summed E-state index contributed by atoms with van der Waals surface area (Å²) in [7, 11) is 10.3. The molecular weight excluding hydrogens is 234 g/mol. The van der Waals surface area contributed by atoms with Crippen LogP contribution in [0.15, 0.2) is 6.07 Å². The van der Waals surface area contributed by atoms with Crippen molar-refractivity contribution in [1.82, 2.24) is 15.0 Å². The average molecular weight is 253 g/mol. The van der Waals surface area contributed by atoms with E-state index in [0.717, 1.165) is 5.06 Å². The lowest BCUT2D eigenvalue weighted by Crippen LogP contribution is -2.28. The van der Waals surface area contributed by atoms with Crippen molar-refractivity contribution in [1.29, 1.82) is 0 Å². The molecule has 0 fully saturated rings. The summed E-state index contributed by atoms with van der Waals surface area (Å²) in [5.41, 5.74) is 0.293. The van der Waals surface area contributed by atoms with Crippen molar-refractivity contribution in [2.45, 2.75) is 0 Å². The van der Waals surface area contributed by atoms with E-state index in [2.05, 4.69) is 9.97 Å². The van der Waals surface area contributed by atoms with Gasteiger partial charge in [0.1, 0.15) is 11.5 Å². The number of hydrogen-bond acceptors (Lipinski definition) is 6. The van der Waals surface area contributed by atoms with Crippen molar-refractivity contribution in [3.8, 4) is 0 Å². The number of hydrogen-bond donors (Lipinski definition) is 0. The van der Waals surface area contributed by atoms with Crippen molar-refractivity contribution >= 4 is 17.7 Å². The van der Waals surface area contributed by atoms with Gasteiger partial charge in [-0.05, 0) is 0 Å². The Kier molecular flexibility index (Phi) is 4.43. The van der Waals surface area contributed by atoms with Crippen molar-refractivity contribution in [2.75, 3.05) is 52.1 Å². The third-order valence-corrected chi connectivity index (χ3v) is 2.34. The molecule has 0 atom stereocenters. The lowest BCUT2D eigenvalue weighted by atomic mass is 10.3. The standard InChI is InChI=1S/C11H19N5O2/c1-14(2)9-7-8(10(17)16(5)18-6)12-11(13-9)15(3)4/h7H,1-6H3. The lowest BCUT2D eigenvalue weighted by Gasteiger charge is -2.18. The maximum atomic E-state index is 12.0. The van der Waals surface area contributed by atoms with E-state index in [-0.39, 0.29) is 5.91 Å². The average Bonchev–Trinajstić information content (AvgIpc) is 2.36. The highest BCUT2D eigenvalue weighted by molar-refractivity contribution is 5.92. The predicted octanol–water partition coefficient (Wildman–Crippen LogP) is 0.242. The van der Waals surface area contributed by atoms with Gasteiger partial charge in [0, 0.05) is 41.3 Å². The second-order valence-electron chi connectivity index (χ2n) is 4.19. The van der Waals surface area contributed by atoms with Gasteiger partial charge in [-0.1, -0.05) is 0 Å². The number of hydroxylamine groups is 2. The third kappa shape index (κ3) is 3.07. The number of rotatable bonds is 4. The highest BCUT2D eigenvalue weighted by atomic mass is 16.7. The fraction of sp³-hybridized carbons (Fsp3) is 0.545. The molecule has 0 radical (unpaired) electrons. The molecular formula is C11H19N5O2. The first-order valence-corrected chi connectivity index (χ1v) is 5.42. The molecule has 0 spiro atoms. The van der Waals surface area contributed by atoms with E-state index >= 15 is 0 Å². The Labute approximate surface area is 107 Å². The van der Waals surface area contributed by atoms with Crippen LogP contribution in [0.5, 0.6) is 0 Å². The van der Waals surface area contributed by atoms with Crippen LogP contribution in [0.1, 0.15) is 10.5 Å². The van der Waals surface area contributed by atoms with Crippen LogP contribution in [-0.2, 0) is 4.84 Å². The Morgan fingerprint density at radius 2 is 1.72 bits per heavy atom. The van der Waals surface area contributed by atoms with Crippen molar-refractivity contribution in [2.24, 2.45) is 0 Å². The van der Waals surface area contributed by atoms with E-state index in [9.17, 15) is 4.79 Å². The maximum absolute atomic E-state index is 12.0. The second-order valence-corrected chi connectivity index (χ2v) is 4.19. The molecule has 1 rings (SSSR count). The number of carbonyl (C=O) groups excluding carboxylic acids is 1. The largest absolute Gasteiger partial charge is 0.363 e. The van der Waals surface area contributed by atoms with Gasteiger partial charge < -0.3 is 9.80 Å². The van der Waals surface area contributed by atoms with Gasteiger partial charge in [0.05, 0.1) is 7.11 Å².